The van der Waals surface area contributed by atoms with Crippen molar-refractivity contribution in [3.63, 3.8) is 0 Å². The van der Waals surface area contributed by atoms with Crippen LogP contribution in [0.25, 0.3) is 0 Å². The summed E-state index contributed by atoms with van der Waals surface area (Å²) in [6, 6.07) is 0. The zero-order valence-corrected chi connectivity index (χ0v) is 28.9. The predicted octanol–water partition coefficient (Wildman–Crippen LogP) is 14.0. The molecule has 0 unspecified atom stereocenters. The molecule has 0 saturated carbocycles. The molecule has 0 atom stereocenters. The van der Waals surface area contributed by atoms with Gasteiger partial charge in [0.05, 0.1) is 19.4 Å². The Labute approximate surface area is 253 Å². The van der Waals surface area contributed by atoms with E-state index in [0.29, 0.717) is 19.4 Å². The zero-order valence-electron chi connectivity index (χ0n) is 28.0. The third kappa shape index (κ3) is 31.1. The molecule has 242 valence electrons. The van der Waals surface area contributed by atoms with E-state index in [1.165, 1.54) is 167 Å². The van der Waals surface area contributed by atoms with Crippen molar-refractivity contribution in [2.45, 2.75) is 213 Å². The highest BCUT2D eigenvalue weighted by Crippen LogP contribution is 2.49. The Morgan fingerprint density at radius 1 is 0.325 bits per heavy atom. The van der Waals surface area contributed by atoms with E-state index in [1.54, 1.807) is 0 Å². The molecule has 3 nitrogen and oxygen atoms in total. The van der Waals surface area contributed by atoms with Crippen LogP contribution in [0.1, 0.15) is 213 Å². The quantitative estimate of drug-likeness (QED) is 0.0547. The Bertz CT molecular complexity index is 480. The lowest BCUT2D eigenvalue weighted by Crippen LogP contribution is -2.04. The van der Waals surface area contributed by atoms with Gasteiger partial charge >= 0.3 is 7.60 Å². The molecule has 0 aliphatic rings. The molecule has 0 bridgehead atoms. The first kappa shape index (κ1) is 40.1. The van der Waals surface area contributed by atoms with E-state index < -0.39 is 7.60 Å². The Hall–Kier alpha value is 0.150. The average Bonchev–Trinajstić information content (AvgIpc) is 2.95. The second-order valence-electron chi connectivity index (χ2n) is 12.5. The van der Waals surface area contributed by atoms with Crippen LogP contribution in [0.15, 0.2) is 0 Å². The summed E-state index contributed by atoms with van der Waals surface area (Å²) in [4.78, 5) is 0. The van der Waals surface area contributed by atoms with E-state index in [0.717, 1.165) is 25.7 Å². The minimum absolute atomic E-state index is 0.601. The monoisotopic (exact) mass is 587 g/mol. The fourth-order valence-corrected chi connectivity index (χ4v) is 7.30. The molecule has 0 heterocycles. The van der Waals surface area contributed by atoms with Crippen molar-refractivity contribution in [3.8, 4) is 0 Å². The molecule has 0 spiro atoms. The first-order valence-electron chi connectivity index (χ1n) is 18.6. The maximum atomic E-state index is 13.5. The maximum absolute atomic E-state index is 13.5. The van der Waals surface area contributed by atoms with Gasteiger partial charge < -0.3 is 9.05 Å². The van der Waals surface area contributed by atoms with Crippen LogP contribution in [-0.4, -0.2) is 19.4 Å². The van der Waals surface area contributed by atoms with Crippen LogP contribution in [0.3, 0.4) is 0 Å². The van der Waals surface area contributed by atoms with Crippen LogP contribution >= 0.6 is 7.60 Å². The van der Waals surface area contributed by atoms with Crippen LogP contribution in [0.2, 0.25) is 0 Å². The number of unbranched alkanes of at least 4 members (excludes halogenated alkanes) is 27. The fourth-order valence-electron chi connectivity index (χ4n) is 5.55. The highest BCUT2D eigenvalue weighted by atomic mass is 31.2. The van der Waals surface area contributed by atoms with Gasteiger partial charge in [-0.05, 0) is 19.3 Å². The summed E-state index contributed by atoms with van der Waals surface area (Å²) in [6.07, 6.45) is 39.7. The van der Waals surface area contributed by atoms with E-state index in [2.05, 4.69) is 20.8 Å². The number of hydrogen-bond acceptors (Lipinski definition) is 3. The number of hydrogen-bond donors (Lipinski definition) is 0. The summed E-state index contributed by atoms with van der Waals surface area (Å²) in [6.45, 7) is 8.04. The first-order valence-corrected chi connectivity index (χ1v) is 20.3. The minimum atomic E-state index is -2.95. The van der Waals surface area contributed by atoms with Crippen LogP contribution in [-0.2, 0) is 13.6 Å². The van der Waals surface area contributed by atoms with Gasteiger partial charge in [0.15, 0.2) is 0 Å². The van der Waals surface area contributed by atoms with Crippen LogP contribution in [0.5, 0.6) is 0 Å². The fraction of sp³-hybridized carbons (Fsp3) is 1.00. The van der Waals surface area contributed by atoms with Gasteiger partial charge in [-0.3, -0.25) is 4.57 Å². The Balaban J connectivity index is 4.07. The van der Waals surface area contributed by atoms with Gasteiger partial charge in [-0.1, -0.05) is 194 Å². The van der Waals surface area contributed by atoms with Crippen molar-refractivity contribution in [3.05, 3.63) is 0 Å². The molecule has 0 aliphatic carbocycles. The summed E-state index contributed by atoms with van der Waals surface area (Å²) in [5, 5.41) is 0. The molecular weight excluding hydrogens is 511 g/mol. The van der Waals surface area contributed by atoms with Crippen molar-refractivity contribution in [1.29, 1.82) is 0 Å². The summed E-state index contributed by atoms with van der Waals surface area (Å²) in [5.74, 6) is 0. The topological polar surface area (TPSA) is 35.5 Å². The Kier molecular flexibility index (Phi) is 33.8. The second-order valence-corrected chi connectivity index (χ2v) is 14.7. The van der Waals surface area contributed by atoms with Crippen molar-refractivity contribution >= 4 is 7.60 Å². The number of rotatable bonds is 35. The molecule has 0 saturated heterocycles. The third-order valence-corrected chi connectivity index (χ3v) is 10.4. The van der Waals surface area contributed by atoms with Gasteiger partial charge in [0.2, 0.25) is 0 Å². The van der Waals surface area contributed by atoms with Crippen LogP contribution in [0, 0.1) is 0 Å². The molecule has 0 aromatic rings. The van der Waals surface area contributed by atoms with Crippen molar-refractivity contribution in [1.82, 2.24) is 0 Å². The average molecular weight is 587 g/mol. The second kappa shape index (κ2) is 33.6. The summed E-state index contributed by atoms with van der Waals surface area (Å²) >= 11 is 0. The summed E-state index contributed by atoms with van der Waals surface area (Å²) in [7, 11) is -2.95. The first-order chi connectivity index (χ1) is 19.7. The van der Waals surface area contributed by atoms with E-state index in [-0.39, 0.29) is 0 Å². The molecular formula is C36H75O3P. The van der Waals surface area contributed by atoms with E-state index in [9.17, 15) is 4.57 Å². The molecule has 0 aliphatic heterocycles. The highest BCUT2D eigenvalue weighted by Gasteiger charge is 2.23. The molecule has 0 aromatic heterocycles. The largest absolute Gasteiger partial charge is 0.330 e. The molecule has 4 heteroatoms. The summed E-state index contributed by atoms with van der Waals surface area (Å²) in [5.41, 5.74) is 0. The van der Waals surface area contributed by atoms with Gasteiger partial charge in [-0.2, -0.15) is 0 Å². The zero-order chi connectivity index (χ0) is 29.2. The Morgan fingerprint density at radius 2 is 0.550 bits per heavy atom. The lowest BCUT2D eigenvalue weighted by Gasteiger charge is -2.19. The Morgan fingerprint density at radius 3 is 0.825 bits per heavy atom. The molecule has 0 N–H and O–H groups in total. The standard InChI is InChI=1S/C36H75O3P/c1-4-7-10-13-16-19-22-25-28-31-34-38-40(37,36-33-30-27-24-21-18-15-12-9-6-3)39-35-32-29-26-23-20-17-14-11-8-5-2/h4-36H2,1-3H3. The molecule has 40 heavy (non-hydrogen) atoms. The molecule has 0 amide bonds. The van der Waals surface area contributed by atoms with E-state index in [4.69, 9.17) is 9.05 Å². The van der Waals surface area contributed by atoms with Gasteiger partial charge in [0.1, 0.15) is 0 Å². The van der Waals surface area contributed by atoms with Gasteiger partial charge in [-0.25, -0.2) is 0 Å². The molecule has 0 aromatic carbocycles. The van der Waals surface area contributed by atoms with Crippen molar-refractivity contribution in [2.75, 3.05) is 19.4 Å². The van der Waals surface area contributed by atoms with E-state index >= 15 is 0 Å². The smallest absolute Gasteiger partial charge is 0.309 e. The van der Waals surface area contributed by atoms with Gasteiger partial charge in [0.25, 0.3) is 0 Å². The van der Waals surface area contributed by atoms with E-state index in [1.807, 2.05) is 0 Å². The maximum Gasteiger partial charge on any atom is 0.330 e. The van der Waals surface area contributed by atoms with Crippen LogP contribution < -0.4 is 0 Å². The SMILES string of the molecule is CCCCCCCCCCCCOP(=O)(CCCCCCCCCCCC)OCCCCCCCCCCCC. The third-order valence-electron chi connectivity index (χ3n) is 8.36. The molecule has 0 rings (SSSR count). The van der Waals surface area contributed by atoms with Crippen LogP contribution in [0.4, 0.5) is 0 Å². The van der Waals surface area contributed by atoms with Gasteiger partial charge in [-0.15, -0.1) is 0 Å². The lowest BCUT2D eigenvalue weighted by atomic mass is 10.1. The van der Waals surface area contributed by atoms with Crippen molar-refractivity contribution in [2.24, 2.45) is 0 Å². The molecule has 0 radical (unpaired) electrons. The summed E-state index contributed by atoms with van der Waals surface area (Å²) < 4.78 is 25.5. The molecule has 0 fully saturated rings. The minimum Gasteiger partial charge on any atom is -0.309 e. The normalized spacial score (nSPS) is 12.0. The highest BCUT2D eigenvalue weighted by molar-refractivity contribution is 7.53. The van der Waals surface area contributed by atoms with Gasteiger partial charge in [0, 0.05) is 0 Å². The van der Waals surface area contributed by atoms with Crippen molar-refractivity contribution < 1.29 is 13.6 Å². The lowest BCUT2D eigenvalue weighted by molar-refractivity contribution is 0.197. The predicted molar refractivity (Wildman–Crippen MR) is 180 cm³/mol.